The summed E-state index contributed by atoms with van der Waals surface area (Å²) in [7, 11) is 0. The first-order valence-corrected chi connectivity index (χ1v) is 8.24. The summed E-state index contributed by atoms with van der Waals surface area (Å²) in [5.74, 6) is 9.63. The normalized spacial score (nSPS) is 15.8. The molecule has 0 saturated carbocycles. The minimum Gasteiger partial charge on any atom is -0.341 e. The molecule has 0 aromatic carbocycles. The molecule has 0 spiro atoms. The lowest BCUT2D eigenvalue weighted by atomic mass is 10.4. The molecule has 1 saturated heterocycles. The van der Waals surface area contributed by atoms with Crippen LogP contribution >= 0.6 is 11.8 Å². The first-order chi connectivity index (χ1) is 9.78. The molecule has 1 fully saturated rings. The Labute approximate surface area is 124 Å². The quantitative estimate of drug-likeness (QED) is 0.614. The molecule has 2 heterocycles. The highest BCUT2D eigenvalue weighted by Gasteiger charge is 2.17. The highest BCUT2D eigenvalue weighted by molar-refractivity contribution is 7.99. The maximum atomic E-state index is 5.49. The zero-order valence-electron chi connectivity index (χ0n) is 12.2. The summed E-state index contributed by atoms with van der Waals surface area (Å²) < 4.78 is 0. The van der Waals surface area contributed by atoms with Crippen LogP contribution in [0.3, 0.4) is 0 Å². The highest BCUT2D eigenvalue weighted by Crippen LogP contribution is 2.19. The van der Waals surface area contributed by atoms with Gasteiger partial charge in [-0.3, -0.25) is 5.43 Å². The molecule has 20 heavy (non-hydrogen) atoms. The molecular formula is C12H23N7S. The van der Waals surface area contributed by atoms with E-state index >= 15 is 0 Å². The summed E-state index contributed by atoms with van der Waals surface area (Å²) in [6, 6.07) is 0. The first-order valence-electron chi connectivity index (χ1n) is 7.08. The standard InChI is InChI=1S/C12H23N7S/c1-3-18(4-2)11-14-10(17-13)15-12(16-11)19-6-5-8-20-9-7-19/h3-9,13H2,1-2H3,(H,14,15,16,17). The van der Waals surface area contributed by atoms with E-state index in [-0.39, 0.29) is 0 Å². The van der Waals surface area contributed by atoms with E-state index in [0.717, 1.165) is 44.3 Å². The third-order valence-corrected chi connectivity index (χ3v) is 4.34. The number of hydrogen-bond acceptors (Lipinski definition) is 8. The second-order valence-electron chi connectivity index (χ2n) is 4.53. The van der Waals surface area contributed by atoms with Crippen LogP contribution in [0.1, 0.15) is 20.3 Å². The van der Waals surface area contributed by atoms with Crippen LogP contribution in [0.25, 0.3) is 0 Å². The molecule has 7 nitrogen and oxygen atoms in total. The number of anilines is 3. The van der Waals surface area contributed by atoms with Crippen molar-refractivity contribution in [3.63, 3.8) is 0 Å². The van der Waals surface area contributed by atoms with Gasteiger partial charge in [0.25, 0.3) is 0 Å². The van der Waals surface area contributed by atoms with Crippen molar-refractivity contribution in [2.75, 3.05) is 52.9 Å². The molecule has 3 N–H and O–H groups in total. The molecule has 1 aromatic heterocycles. The van der Waals surface area contributed by atoms with Crippen LogP contribution in [0.5, 0.6) is 0 Å². The summed E-state index contributed by atoms with van der Waals surface area (Å²) in [4.78, 5) is 17.7. The number of nitrogens with zero attached hydrogens (tertiary/aromatic N) is 5. The van der Waals surface area contributed by atoms with Crippen LogP contribution in [0.4, 0.5) is 17.8 Å². The molecular weight excluding hydrogens is 274 g/mol. The van der Waals surface area contributed by atoms with E-state index < -0.39 is 0 Å². The summed E-state index contributed by atoms with van der Waals surface area (Å²) in [6.07, 6.45) is 1.16. The smallest absolute Gasteiger partial charge is 0.243 e. The number of thioether (sulfide) groups is 1. The average Bonchev–Trinajstić information content (AvgIpc) is 2.77. The van der Waals surface area contributed by atoms with Crippen LogP contribution in [0.15, 0.2) is 0 Å². The van der Waals surface area contributed by atoms with Gasteiger partial charge in [0.2, 0.25) is 17.8 Å². The number of rotatable bonds is 5. The molecule has 112 valence electrons. The van der Waals surface area contributed by atoms with Gasteiger partial charge in [0.15, 0.2) is 0 Å². The molecule has 0 amide bonds. The predicted octanol–water partition coefficient (Wildman–Crippen LogP) is 0.947. The summed E-state index contributed by atoms with van der Waals surface area (Å²) in [5.41, 5.74) is 2.54. The average molecular weight is 297 g/mol. The van der Waals surface area contributed by atoms with Gasteiger partial charge < -0.3 is 9.80 Å². The summed E-state index contributed by atoms with van der Waals surface area (Å²) in [6.45, 7) is 7.85. The second-order valence-corrected chi connectivity index (χ2v) is 5.75. The molecule has 1 aromatic rings. The Kier molecular flexibility index (Phi) is 5.66. The van der Waals surface area contributed by atoms with Crippen molar-refractivity contribution in [3.05, 3.63) is 0 Å². The monoisotopic (exact) mass is 297 g/mol. The van der Waals surface area contributed by atoms with Gasteiger partial charge in [0.1, 0.15) is 0 Å². The van der Waals surface area contributed by atoms with Crippen molar-refractivity contribution in [1.82, 2.24) is 15.0 Å². The van der Waals surface area contributed by atoms with E-state index in [2.05, 4.69) is 44.0 Å². The van der Waals surface area contributed by atoms with Crippen molar-refractivity contribution < 1.29 is 0 Å². The van der Waals surface area contributed by atoms with Gasteiger partial charge in [-0.25, -0.2) is 5.84 Å². The van der Waals surface area contributed by atoms with Crippen molar-refractivity contribution in [1.29, 1.82) is 0 Å². The Morgan fingerprint density at radius 2 is 2.00 bits per heavy atom. The Morgan fingerprint density at radius 3 is 2.70 bits per heavy atom. The Balaban J connectivity index is 2.28. The Hall–Kier alpha value is -1.28. The van der Waals surface area contributed by atoms with Crippen molar-refractivity contribution in [2.45, 2.75) is 20.3 Å². The van der Waals surface area contributed by atoms with E-state index in [4.69, 9.17) is 5.84 Å². The van der Waals surface area contributed by atoms with E-state index in [1.165, 1.54) is 5.75 Å². The van der Waals surface area contributed by atoms with Gasteiger partial charge in [-0.2, -0.15) is 26.7 Å². The van der Waals surface area contributed by atoms with Crippen LogP contribution in [-0.2, 0) is 0 Å². The molecule has 0 bridgehead atoms. The number of aromatic nitrogens is 3. The molecule has 0 radical (unpaired) electrons. The zero-order valence-corrected chi connectivity index (χ0v) is 13.0. The fourth-order valence-corrected chi connectivity index (χ4v) is 3.04. The number of hydrogen-bond donors (Lipinski definition) is 2. The lowest BCUT2D eigenvalue weighted by molar-refractivity contribution is 0.759. The molecule has 0 unspecified atom stereocenters. The van der Waals surface area contributed by atoms with Crippen LogP contribution in [0.2, 0.25) is 0 Å². The maximum Gasteiger partial charge on any atom is 0.243 e. The Bertz CT molecular complexity index is 416. The second kappa shape index (κ2) is 7.49. The van der Waals surface area contributed by atoms with Crippen LogP contribution in [0, 0.1) is 0 Å². The minimum absolute atomic E-state index is 0.425. The topological polar surface area (TPSA) is 83.2 Å². The SMILES string of the molecule is CCN(CC)c1nc(NN)nc(N2CCCSCC2)n1. The summed E-state index contributed by atoms with van der Waals surface area (Å²) >= 11 is 1.98. The van der Waals surface area contributed by atoms with Gasteiger partial charge in [0, 0.05) is 31.9 Å². The molecule has 2 rings (SSSR count). The van der Waals surface area contributed by atoms with Crippen LogP contribution < -0.4 is 21.1 Å². The fourth-order valence-electron chi connectivity index (χ4n) is 2.15. The number of nitrogens with two attached hydrogens (primary N) is 1. The number of hydrazine groups is 1. The van der Waals surface area contributed by atoms with E-state index in [1.807, 2.05) is 11.8 Å². The molecule has 1 aliphatic rings. The van der Waals surface area contributed by atoms with Crippen LogP contribution in [-0.4, -0.2) is 52.6 Å². The maximum absolute atomic E-state index is 5.49. The van der Waals surface area contributed by atoms with Gasteiger partial charge in [-0.1, -0.05) is 0 Å². The molecule has 1 aliphatic heterocycles. The largest absolute Gasteiger partial charge is 0.341 e. The molecule has 0 aliphatic carbocycles. The van der Waals surface area contributed by atoms with Gasteiger partial charge in [-0.15, -0.1) is 0 Å². The lowest BCUT2D eigenvalue weighted by Crippen LogP contribution is -2.31. The van der Waals surface area contributed by atoms with Crippen molar-refractivity contribution in [3.8, 4) is 0 Å². The fraction of sp³-hybridized carbons (Fsp3) is 0.750. The summed E-state index contributed by atoms with van der Waals surface area (Å²) in [5, 5.41) is 0. The van der Waals surface area contributed by atoms with Crippen molar-refractivity contribution >= 4 is 29.6 Å². The van der Waals surface area contributed by atoms with E-state index in [0.29, 0.717) is 11.9 Å². The van der Waals surface area contributed by atoms with Gasteiger partial charge in [0.05, 0.1) is 0 Å². The van der Waals surface area contributed by atoms with E-state index in [9.17, 15) is 0 Å². The van der Waals surface area contributed by atoms with Gasteiger partial charge in [-0.05, 0) is 26.0 Å². The first kappa shape index (κ1) is 15.1. The van der Waals surface area contributed by atoms with E-state index in [1.54, 1.807) is 0 Å². The highest BCUT2D eigenvalue weighted by atomic mass is 32.2. The minimum atomic E-state index is 0.425. The molecule has 8 heteroatoms. The van der Waals surface area contributed by atoms with Crippen molar-refractivity contribution in [2.24, 2.45) is 5.84 Å². The number of nitrogens with one attached hydrogen (secondary N) is 1. The lowest BCUT2D eigenvalue weighted by Gasteiger charge is -2.23. The Morgan fingerprint density at radius 1 is 1.20 bits per heavy atom. The third kappa shape index (κ3) is 3.63. The zero-order chi connectivity index (χ0) is 14.4. The molecule has 0 atom stereocenters. The third-order valence-electron chi connectivity index (χ3n) is 3.29. The number of nitrogen functional groups attached to an aromatic ring is 1. The van der Waals surface area contributed by atoms with Gasteiger partial charge >= 0.3 is 0 Å². The predicted molar refractivity (Wildman–Crippen MR) is 85.4 cm³/mol.